The summed E-state index contributed by atoms with van der Waals surface area (Å²) in [6, 6.07) is 5.37. The predicted octanol–water partition coefficient (Wildman–Crippen LogP) is 3.70. The molecule has 1 aliphatic rings. The summed E-state index contributed by atoms with van der Waals surface area (Å²) in [5.41, 5.74) is 0.541. The van der Waals surface area contributed by atoms with Gasteiger partial charge in [-0.3, -0.25) is 19.0 Å². The molecular formula is C24H29F3N8O3. The molecule has 3 aromatic rings. The summed E-state index contributed by atoms with van der Waals surface area (Å²) < 4.78 is 44.2. The van der Waals surface area contributed by atoms with Crippen LogP contribution in [0.4, 0.5) is 19.0 Å². The van der Waals surface area contributed by atoms with Gasteiger partial charge in [-0.15, -0.1) is 23.4 Å². The van der Waals surface area contributed by atoms with E-state index in [9.17, 15) is 22.8 Å². The Morgan fingerprint density at radius 2 is 1.74 bits per heavy atom. The van der Waals surface area contributed by atoms with Gasteiger partial charge in [-0.1, -0.05) is 35.4 Å². The number of benzene rings is 1. The molecule has 4 rings (SSSR count). The quantitative estimate of drug-likeness (QED) is 0.339. The summed E-state index contributed by atoms with van der Waals surface area (Å²) in [6.45, 7) is 1.13. The molecular weight excluding hydrogens is 505 g/mol. The monoisotopic (exact) mass is 534 g/mol. The largest absolute Gasteiger partial charge is 0.573 e. The molecule has 1 fully saturated rings. The van der Waals surface area contributed by atoms with Crippen LogP contribution in [0.2, 0.25) is 0 Å². The Labute approximate surface area is 216 Å². The smallest absolute Gasteiger partial charge is 0.406 e. The molecule has 38 heavy (non-hydrogen) atoms. The number of amides is 2. The standard InChI is InChI=1S/C24H29F3N8O3/c25-24(26,27)38-19-9-5-8-18(12-19)14-28-23(37)20-15-34(32-30-20)10-3-4-11-35-16-21(31-33-35)29-22(36)13-17-6-1-2-7-17/h5,8-9,12,15-17H,1-4,6-7,10-11,13-14H2,(H,28,37)(H,29,36). The normalized spacial score (nSPS) is 14.0. The van der Waals surface area contributed by atoms with Crippen molar-refractivity contribution in [2.24, 2.45) is 5.92 Å². The second kappa shape index (κ2) is 12.5. The van der Waals surface area contributed by atoms with E-state index >= 15 is 0 Å². The van der Waals surface area contributed by atoms with Gasteiger partial charge in [0.2, 0.25) is 5.91 Å². The van der Waals surface area contributed by atoms with Crippen molar-refractivity contribution < 1.29 is 27.5 Å². The summed E-state index contributed by atoms with van der Waals surface area (Å²) >= 11 is 0. The predicted molar refractivity (Wildman–Crippen MR) is 129 cm³/mol. The summed E-state index contributed by atoms with van der Waals surface area (Å²) in [5.74, 6) is 0.0237. The Kier molecular flexibility index (Phi) is 8.92. The van der Waals surface area contributed by atoms with Gasteiger partial charge in [0.1, 0.15) is 5.75 Å². The lowest BCUT2D eigenvalue weighted by atomic mass is 10.0. The van der Waals surface area contributed by atoms with Crippen LogP contribution in [0.1, 0.15) is 61.0 Å². The van der Waals surface area contributed by atoms with Crippen LogP contribution < -0.4 is 15.4 Å². The molecule has 2 amide bonds. The average molecular weight is 535 g/mol. The summed E-state index contributed by atoms with van der Waals surface area (Å²) in [5, 5.41) is 21.3. The molecule has 2 N–H and O–H groups in total. The lowest BCUT2D eigenvalue weighted by Crippen LogP contribution is -2.23. The number of carbonyl (C=O) groups is 2. The van der Waals surface area contributed by atoms with Crippen molar-refractivity contribution in [3.63, 3.8) is 0 Å². The fourth-order valence-electron chi connectivity index (χ4n) is 4.32. The molecule has 14 heteroatoms. The number of carbonyl (C=O) groups excluding carboxylic acids is 2. The van der Waals surface area contributed by atoms with Crippen LogP contribution in [-0.4, -0.2) is 48.2 Å². The minimum atomic E-state index is -4.79. The van der Waals surface area contributed by atoms with E-state index in [0.29, 0.717) is 36.8 Å². The number of alkyl halides is 3. The van der Waals surface area contributed by atoms with Crippen LogP contribution in [0, 0.1) is 5.92 Å². The number of anilines is 1. The maximum Gasteiger partial charge on any atom is 0.573 e. The first-order valence-electron chi connectivity index (χ1n) is 12.5. The second-order valence-corrected chi connectivity index (χ2v) is 9.22. The molecule has 0 saturated heterocycles. The van der Waals surface area contributed by atoms with Crippen LogP contribution in [0.3, 0.4) is 0 Å². The number of ether oxygens (including phenoxy) is 1. The van der Waals surface area contributed by atoms with E-state index in [2.05, 4.69) is 36.0 Å². The Morgan fingerprint density at radius 3 is 2.47 bits per heavy atom. The molecule has 0 unspecified atom stereocenters. The Hall–Kier alpha value is -3.97. The van der Waals surface area contributed by atoms with Gasteiger partial charge >= 0.3 is 6.36 Å². The van der Waals surface area contributed by atoms with Crippen molar-refractivity contribution >= 4 is 17.6 Å². The second-order valence-electron chi connectivity index (χ2n) is 9.22. The van der Waals surface area contributed by atoms with Crippen molar-refractivity contribution in [3.8, 4) is 5.75 Å². The zero-order valence-corrected chi connectivity index (χ0v) is 20.7. The number of rotatable bonds is 12. The van der Waals surface area contributed by atoms with E-state index < -0.39 is 12.3 Å². The molecule has 1 aliphatic carbocycles. The molecule has 0 aliphatic heterocycles. The third-order valence-electron chi connectivity index (χ3n) is 6.14. The van der Waals surface area contributed by atoms with E-state index in [1.54, 1.807) is 21.6 Å². The number of unbranched alkanes of at least 4 members (excludes halogenated alkanes) is 1. The van der Waals surface area contributed by atoms with Crippen LogP contribution >= 0.6 is 0 Å². The summed E-state index contributed by atoms with van der Waals surface area (Å²) in [4.78, 5) is 24.5. The number of aromatic nitrogens is 6. The number of halogens is 3. The highest BCUT2D eigenvalue weighted by Gasteiger charge is 2.31. The van der Waals surface area contributed by atoms with Crippen LogP contribution in [0.25, 0.3) is 0 Å². The van der Waals surface area contributed by atoms with Gasteiger partial charge in [0.05, 0.1) is 12.4 Å². The number of nitrogens with zero attached hydrogens (tertiary/aromatic N) is 6. The number of hydrogen-bond acceptors (Lipinski definition) is 7. The zero-order valence-electron chi connectivity index (χ0n) is 20.7. The summed E-state index contributed by atoms with van der Waals surface area (Å²) in [6.07, 6.45) is 5.04. The highest BCUT2D eigenvalue weighted by molar-refractivity contribution is 5.91. The number of aryl methyl sites for hydroxylation is 2. The van der Waals surface area contributed by atoms with E-state index in [1.807, 2.05) is 0 Å². The van der Waals surface area contributed by atoms with Gasteiger partial charge in [-0.25, -0.2) is 0 Å². The lowest BCUT2D eigenvalue weighted by Gasteiger charge is -2.10. The highest BCUT2D eigenvalue weighted by atomic mass is 19.4. The molecule has 0 bridgehead atoms. The average Bonchev–Trinajstić information content (AvgIpc) is 3.62. The van der Waals surface area contributed by atoms with Crippen molar-refractivity contribution in [2.75, 3.05) is 5.32 Å². The molecule has 11 nitrogen and oxygen atoms in total. The number of nitrogens with one attached hydrogen (secondary N) is 2. The Bertz CT molecular complexity index is 1220. The van der Waals surface area contributed by atoms with Crippen LogP contribution in [0.15, 0.2) is 36.7 Å². The van der Waals surface area contributed by atoms with Gasteiger partial charge in [-0.05, 0) is 49.3 Å². The molecule has 0 radical (unpaired) electrons. The van der Waals surface area contributed by atoms with E-state index in [0.717, 1.165) is 25.7 Å². The zero-order chi connectivity index (χ0) is 27.0. The van der Waals surface area contributed by atoms with Gasteiger partial charge in [0.25, 0.3) is 5.91 Å². The van der Waals surface area contributed by atoms with Gasteiger partial charge in [0, 0.05) is 26.1 Å². The first kappa shape index (κ1) is 27.1. The Morgan fingerprint density at radius 1 is 1.03 bits per heavy atom. The fraction of sp³-hybridized carbons (Fsp3) is 0.500. The summed E-state index contributed by atoms with van der Waals surface area (Å²) in [7, 11) is 0. The maximum atomic E-state index is 12.4. The minimum absolute atomic E-state index is 0.00167. The van der Waals surface area contributed by atoms with Gasteiger partial charge < -0.3 is 15.4 Å². The first-order valence-corrected chi connectivity index (χ1v) is 12.5. The SMILES string of the molecule is O=C(CC1CCCC1)Nc1cn(CCCCn2cc(C(=O)NCc3cccc(OC(F)(F)F)c3)nn2)nn1. The number of hydrogen-bond donors (Lipinski definition) is 2. The third kappa shape index (κ3) is 8.56. The maximum absolute atomic E-state index is 12.4. The van der Waals surface area contributed by atoms with E-state index in [1.165, 1.54) is 37.2 Å². The van der Waals surface area contributed by atoms with Crippen LogP contribution in [-0.2, 0) is 24.4 Å². The minimum Gasteiger partial charge on any atom is -0.406 e. The molecule has 2 heterocycles. The Balaban J connectivity index is 1.15. The molecule has 1 saturated carbocycles. The van der Waals surface area contributed by atoms with E-state index in [4.69, 9.17) is 0 Å². The fourth-order valence-corrected chi connectivity index (χ4v) is 4.32. The van der Waals surface area contributed by atoms with Crippen molar-refractivity contribution in [2.45, 2.75) is 70.9 Å². The van der Waals surface area contributed by atoms with Crippen LogP contribution in [0.5, 0.6) is 5.75 Å². The van der Waals surface area contributed by atoms with E-state index in [-0.39, 0.29) is 23.9 Å². The molecule has 0 atom stereocenters. The van der Waals surface area contributed by atoms with Gasteiger partial charge in [0.15, 0.2) is 11.5 Å². The third-order valence-corrected chi connectivity index (χ3v) is 6.14. The van der Waals surface area contributed by atoms with Crippen molar-refractivity contribution in [1.82, 2.24) is 35.3 Å². The lowest BCUT2D eigenvalue weighted by molar-refractivity contribution is -0.274. The van der Waals surface area contributed by atoms with Gasteiger partial charge in [-0.2, -0.15) is 0 Å². The molecule has 1 aromatic carbocycles. The molecule has 2 aromatic heterocycles. The molecule has 204 valence electrons. The highest BCUT2D eigenvalue weighted by Crippen LogP contribution is 2.27. The van der Waals surface area contributed by atoms with Crippen molar-refractivity contribution in [3.05, 3.63) is 47.9 Å². The van der Waals surface area contributed by atoms with Crippen molar-refractivity contribution in [1.29, 1.82) is 0 Å². The first-order chi connectivity index (χ1) is 18.2. The molecule has 0 spiro atoms. The topological polar surface area (TPSA) is 129 Å².